The number of anilines is 1. The molecule has 0 unspecified atom stereocenters. The highest BCUT2D eigenvalue weighted by atomic mass is 35.5. The van der Waals surface area contributed by atoms with Crippen molar-refractivity contribution in [1.82, 2.24) is 9.97 Å². The predicted octanol–water partition coefficient (Wildman–Crippen LogP) is 3.27. The molecule has 0 radical (unpaired) electrons. The number of amides is 1. The van der Waals surface area contributed by atoms with E-state index in [1.807, 2.05) is 0 Å². The molecule has 1 atom stereocenters. The smallest absolute Gasteiger partial charge is 0.257 e. The average Bonchev–Trinajstić information content (AvgIpc) is 2.48. The van der Waals surface area contributed by atoms with E-state index >= 15 is 0 Å². The molecule has 2 aromatic rings. The zero-order chi connectivity index (χ0) is 15.9. The number of fused-ring (bicyclic) bond motifs is 1. The molecular weight excluding hydrogens is 345 g/mol. The molecule has 0 fully saturated rings. The third kappa shape index (κ3) is 2.62. The van der Waals surface area contributed by atoms with Crippen LogP contribution < -0.4 is 10.9 Å². The van der Waals surface area contributed by atoms with Gasteiger partial charge in [-0.05, 0) is 17.9 Å². The molecule has 2 heterocycles. The number of benzene rings is 1. The minimum absolute atomic E-state index is 0.121. The fraction of sp³-hybridized carbons (Fsp3) is 0.214. The van der Waals surface area contributed by atoms with E-state index in [9.17, 15) is 9.59 Å². The zero-order valence-corrected chi connectivity index (χ0v) is 13.8. The molecule has 1 amide bonds. The van der Waals surface area contributed by atoms with E-state index in [2.05, 4.69) is 15.3 Å². The number of H-pyrrole nitrogens is 1. The van der Waals surface area contributed by atoms with Crippen LogP contribution in [0.2, 0.25) is 10.0 Å². The normalized spacial score (nSPS) is 17.0. The molecule has 0 saturated carbocycles. The average molecular weight is 356 g/mol. The monoisotopic (exact) mass is 355 g/mol. The number of aromatic nitrogens is 2. The molecule has 0 aliphatic carbocycles. The van der Waals surface area contributed by atoms with E-state index < -0.39 is 5.92 Å². The number of nitrogens with one attached hydrogen (secondary N) is 2. The summed E-state index contributed by atoms with van der Waals surface area (Å²) in [6.07, 6.45) is 1.91. The van der Waals surface area contributed by atoms with Gasteiger partial charge in [0.2, 0.25) is 5.91 Å². The Morgan fingerprint density at radius 2 is 2.09 bits per heavy atom. The van der Waals surface area contributed by atoms with Crippen molar-refractivity contribution in [1.29, 1.82) is 0 Å². The maximum absolute atomic E-state index is 12.4. The van der Waals surface area contributed by atoms with Crippen molar-refractivity contribution >= 4 is 46.7 Å². The van der Waals surface area contributed by atoms with Crippen LogP contribution >= 0.6 is 35.0 Å². The van der Waals surface area contributed by atoms with Crippen molar-refractivity contribution in [2.75, 3.05) is 11.6 Å². The summed E-state index contributed by atoms with van der Waals surface area (Å²) in [5, 5.41) is 3.83. The van der Waals surface area contributed by atoms with Gasteiger partial charge in [-0.15, -0.1) is 0 Å². The number of carbonyl (C=O) groups excluding carboxylic acids is 1. The second-order valence-corrected chi connectivity index (χ2v) is 6.37. The van der Waals surface area contributed by atoms with Gasteiger partial charge in [-0.3, -0.25) is 9.59 Å². The van der Waals surface area contributed by atoms with Crippen LogP contribution in [0.5, 0.6) is 0 Å². The highest BCUT2D eigenvalue weighted by Gasteiger charge is 2.32. The number of rotatable bonds is 2. The summed E-state index contributed by atoms with van der Waals surface area (Å²) >= 11 is 13.6. The highest BCUT2D eigenvalue weighted by molar-refractivity contribution is 7.98. The lowest BCUT2D eigenvalue weighted by atomic mass is 9.87. The van der Waals surface area contributed by atoms with Gasteiger partial charge in [-0.1, -0.05) is 47.1 Å². The van der Waals surface area contributed by atoms with E-state index in [1.54, 1.807) is 24.5 Å². The standard InChI is InChI=1S/C14H11Cl2N3O2S/c1-22-14-18-12-10(13(21)19-14)7(5-9(20)17-12)6-3-2-4-8(15)11(6)16/h2-4,7H,5H2,1H3,(H2,17,18,19,20,21)/t7-/m0/s1. The maximum atomic E-state index is 12.4. The van der Waals surface area contributed by atoms with Crippen LogP contribution in [-0.2, 0) is 4.79 Å². The van der Waals surface area contributed by atoms with Crippen LogP contribution in [0.3, 0.4) is 0 Å². The zero-order valence-electron chi connectivity index (χ0n) is 11.4. The van der Waals surface area contributed by atoms with E-state index in [1.165, 1.54) is 11.8 Å². The van der Waals surface area contributed by atoms with Crippen LogP contribution in [0.1, 0.15) is 23.5 Å². The lowest BCUT2D eigenvalue weighted by Crippen LogP contribution is -2.31. The third-order valence-electron chi connectivity index (χ3n) is 3.48. The summed E-state index contributed by atoms with van der Waals surface area (Å²) in [6, 6.07) is 5.17. The molecule has 3 rings (SSSR count). The number of halogens is 2. The Morgan fingerprint density at radius 3 is 2.82 bits per heavy atom. The van der Waals surface area contributed by atoms with E-state index in [0.29, 0.717) is 26.3 Å². The minimum atomic E-state index is -0.470. The van der Waals surface area contributed by atoms with Crippen molar-refractivity contribution < 1.29 is 4.79 Å². The number of aromatic amines is 1. The Kier molecular flexibility index (Phi) is 4.16. The second-order valence-electron chi connectivity index (χ2n) is 4.79. The fourth-order valence-corrected chi connectivity index (χ4v) is 3.32. The Hall–Kier alpha value is -1.50. The van der Waals surface area contributed by atoms with E-state index in [4.69, 9.17) is 23.2 Å². The topological polar surface area (TPSA) is 74.8 Å². The molecule has 1 aromatic carbocycles. The van der Waals surface area contributed by atoms with Gasteiger partial charge >= 0.3 is 0 Å². The Morgan fingerprint density at radius 1 is 1.32 bits per heavy atom. The van der Waals surface area contributed by atoms with Crippen LogP contribution in [0.15, 0.2) is 28.2 Å². The first-order valence-corrected chi connectivity index (χ1v) is 8.41. The molecule has 1 aliphatic rings. The summed E-state index contributed by atoms with van der Waals surface area (Å²) in [7, 11) is 0. The summed E-state index contributed by atoms with van der Waals surface area (Å²) < 4.78 is 0. The number of hydrogen-bond donors (Lipinski definition) is 2. The highest BCUT2D eigenvalue weighted by Crippen LogP contribution is 2.39. The lowest BCUT2D eigenvalue weighted by Gasteiger charge is -2.25. The SMILES string of the molecule is CSc1nc2c(c(=O)[nH]1)[C@H](c1cccc(Cl)c1Cl)CC(=O)N2. The number of thioether (sulfide) groups is 1. The molecule has 1 aromatic heterocycles. The first-order chi connectivity index (χ1) is 10.5. The minimum Gasteiger partial charge on any atom is -0.310 e. The molecule has 22 heavy (non-hydrogen) atoms. The van der Waals surface area contributed by atoms with Gasteiger partial charge in [0.15, 0.2) is 5.16 Å². The van der Waals surface area contributed by atoms with Gasteiger partial charge in [0.25, 0.3) is 5.56 Å². The largest absolute Gasteiger partial charge is 0.310 e. The predicted molar refractivity (Wildman–Crippen MR) is 88.2 cm³/mol. The number of hydrogen-bond acceptors (Lipinski definition) is 4. The molecule has 2 N–H and O–H groups in total. The van der Waals surface area contributed by atoms with Crippen LogP contribution in [0.25, 0.3) is 0 Å². The molecule has 0 saturated heterocycles. The number of nitrogens with zero attached hydrogens (tertiary/aromatic N) is 1. The first kappa shape index (κ1) is 15.4. The Bertz CT molecular complexity index is 822. The van der Waals surface area contributed by atoms with Crippen molar-refractivity contribution in [3.8, 4) is 0 Å². The molecule has 114 valence electrons. The summed E-state index contributed by atoms with van der Waals surface area (Å²) in [5.74, 6) is -0.397. The molecule has 0 bridgehead atoms. The lowest BCUT2D eigenvalue weighted by molar-refractivity contribution is -0.116. The molecule has 0 spiro atoms. The van der Waals surface area contributed by atoms with Crippen molar-refractivity contribution in [2.24, 2.45) is 0 Å². The third-order valence-corrected chi connectivity index (χ3v) is 4.89. The summed E-state index contributed by atoms with van der Waals surface area (Å²) in [5.41, 5.74) is 0.770. The van der Waals surface area contributed by atoms with Gasteiger partial charge in [0.1, 0.15) is 5.82 Å². The molecule has 8 heteroatoms. The quantitative estimate of drug-likeness (QED) is 0.640. The first-order valence-electron chi connectivity index (χ1n) is 6.43. The van der Waals surface area contributed by atoms with Gasteiger partial charge in [-0.25, -0.2) is 4.98 Å². The van der Waals surface area contributed by atoms with Gasteiger partial charge in [-0.2, -0.15) is 0 Å². The van der Waals surface area contributed by atoms with Gasteiger partial charge in [0.05, 0.1) is 15.6 Å². The van der Waals surface area contributed by atoms with Crippen molar-refractivity contribution in [3.63, 3.8) is 0 Å². The molecule has 1 aliphatic heterocycles. The molecule has 5 nitrogen and oxygen atoms in total. The maximum Gasteiger partial charge on any atom is 0.257 e. The summed E-state index contributed by atoms with van der Waals surface area (Å²) in [6.45, 7) is 0. The van der Waals surface area contributed by atoms with Crippen LogP contribution in [0.4, 0.5) is 5.82 Å². The van der Waals surface area contributed by atoms with Gasteiger partial charge in [0, 0.05) is 12.3 Å². The number of carbonyl (C=O) groups is 1. The van der Waals surface area contributed by atoms with Gasteiger partial charge < -0.3 is 10.3 Å². The second kappa shape index (κ2) is 5.95. The molecular formula is C14H11Cl2N3O2S. The Labute approximate surface area is 140 Å². The summed E-state index contributed by atoms with van der Waals surface area (Å²) in [4.78, 5) is 31.3. The van der Waals surface area contributed by atoms with Crippen LogP contribution in [-0.4, -0.2) is 22.1 Å². The Balaban J connectivity index is 2.22. The van der Waals surface area contributed by atoms with E-state index in [0.717, 1.165) is 0 Å². The van der Waals surface area contributed by atoms with Crippen LogP contribution in [0, 0.1) is 0 Å². The van der Waals surface area contributed by atoms with E-state index in [-0.39, 0.29) is 23.7 Å². The fourth-order valence-electron chi connectivity index (χ4n) is 2.50. The van der Waals surface area contributed by atoms with Crippen molar-refractivity contribution in [3.05, 3.63) is 49.7 Å². The van der Waals surface area contributed by atoms with Crippen molar-refractivity contribution in [2.45, 2.75) is 17.5 Å².